The molecule has 0 bridgehead atoms. The number of benzene rings is 2. The maximum absolute atomic E-state index is 13.6. The van der Waals surface area contributed by atoms with Crippen LogP contribution in [0.15, 0.2) is 42.5 Å². The van der Waals surface area contributed by atoms with Crippen molar-refractivity contribution in [3.05, 3.63) is 65.2 Å². The second-order valence-electron chi connectivity index (χ2n) is 7.06. The molecule has 1 aliphatic rings. The van der Waals surface area contributed by atoms with Crippen molar-refractivity contribution in [3.8, 4) is 5.75 Å². The van der Waals surface area contributed by atoms with Gasteiger partial charge in [0.15, 0.2) is 0 Å². The Labute approximate surface area is 149 Å². The zero-order valence-corrected chi connectivity index (χ0v) is 14.8. The molecule has 0 saturated heterocycles. The Kier molecular flexibility index (Phi) is 6.06. The van der Waals surface area contributed by atoms with Crippen molar-refractivity contribution in [2.24, 2.45) is 5.92 Å². The molecule has 1 saturated carbocycles. The summed E-state index contributed by atoms with van der Waals surface area (Å²) in [4.78, 5) is 0. The lowest BCUT2D eigenvalue weighted by Gasteiger charge is -2.28. The minimum atomic E-state index is -0.569. The van der Waals surface area contributed by atoms with E-state index in [0.717, 1.165) is 5.92 Å². The van der Waals surface area contributed by atoms with E-state index in [2.05, 4.69) is 19.1 Å². The van der Waals surface area contributed by atoms with Crippen molar-refractivity contribution in [2.75, 3.05) is 0 Å². The lowest BCUT2D eigenvalue weighted by Crippen LogP contribution is -2.13. The predicted octanol–water partition coefficient (Wildman–Crippen LogP) is 6.62. The quantitative estimate of drug-likeness (QED) is 0.572. The Morgan fingerprint density at radius 1 is 0.920 bits per heavy atom. The van der Waals surface area contributed by atoms with Gasteiger partial charge in [-0.3, -0.25) is 0 Å². The van der Waals surface area contributed by atoms with E-state index in [1.54, 1.807) is 0 Å². The van der Waals surface area contributed by atoms with Gasteiger partial charge in [0, 0.05) is 0 Å². The van der Waals surface area contributed by atoms with E-state index in [9.17, 15) is 8.78 Å². The third-order valence-electron chi connectivity index (χ3n) is 5.34. The van der Waals surface area contributed by atoms with Crippen LogP contribution in [0.25, 0.3) is 0 Å². The zero-order chi connectivity index (χ0) is 17.6. The van der Waals surface area contributed by atoms with Gasteiger partial charge in [-0.25, -0.2) is 8.78 Å². The fraction of sp³-hybridized carbons (Fsp3) is 0.455. The summed E-state index contributed by atoms with van der Waals surface area (Å²) in [6.45, 7) is 2.16. The van der Waals surface area contributed by atoms with Crippen molar-refractivity contribution in [1.29, 1.82) is 0 Å². The molecule has 134 valence electrons. The first-order valence-electron chi connectivity index (χ1n) is 9.33. The molecular formula is C22H26F2O. The molecule has 0 spiro atoms. The van der Waals surface area contributed by atoms with Gasteiger partial charge < -0.3 is 4.74 Å². The van der Waals surface area contributed by atoms with Crippen LogP contribution in [0.4, 0.5) is 8.78 Å². The Balaban J connectivity index is 1.56. The van der Waals surface area contributed by atoms with Gasteiger partial charge in [-0.05, 0) is 67.3 Å². The first kappa shape index (κ1) is 17.9. The number of hydrogen-bond donors (Lipinski definition) is 0. The van der Waals surface area contributed by atoms with Crippen molar-refractivity contribution in [2.45, 2.75) is 58.0 Å². The predicted molar refractivity (Wildman–Crippen MR) is 96.7 cm³/mol. The van der Waals surface area contributed by atoms with Crippen LogP contribution in [-0.2, 0) is 6.61 Å². The highest BCUT2D eigenvalue weighted by Crippen LogP contribution is 2.37. The van der Waals surface area contributed by atoms with Crippen molar-refractivity contribution in [3.63, 3.8) is 0 Å². The Bertz CT molecular complexity index is 653. The molecule has 0 radical (unpaired) electrons. The number of hydrogen-bond acceptors (Lipinski definition) is 1. The molecule has 1 nitrogen and oxygen atoms in total. The van der Waals surface area contributed by atoms with Crippen LogP contribution in [0.5, 0.6) is 5.75 Å². The number of rotatable bonds is 6. The second-order valence-corrected chi connectivity index (χ2v) is 7.06. The summed E-state index contributed by atoms with van der Waals surface area (Å²) in [7, 11) is 0. The van der Waals surface area contributed by atoms with E-state index in [0.29, 0.717) is 11.7 Å². The van der Waals surface area contributed by atoms with Crippen LogP contribution >= 0.6 is 0 Å². The number of ether oxygens (including phenoxy) is 1. The van der Waals surface area contributed by atoms with Crippen LogP contribution in [0.2, 0.25) is 0 Å². The maximum atomic E-state index is 13.6. The molecule has 3 heteroatoms. The van der Waals surface area contributed by atoms with Gasteiger partial charge in [0.05, 0.1) is 5.56 Å². The lowest BCUT2D eigenvalue weighted by atomic mass is 9.77. The summed E-state index contributed by atoms with van der Waals surface area (Å²) in [5, 5.41) is 0. The summed E-state index contributed by atoms with van der Waals surface area (Å²) in [6.07, 6.45) is 7.79. The average Bonchev–Trinajstić information content (AvgIpc) is 2.63. The van der Waals surface area contributed by atoms with E-state index in [1.165, 1.54) is 62.3 Å². The van der Waals surface area contributed by atoms with E-state index < -0.39 is 11.6 Å². The molecule has 2 aromatic rings. The van der Waals surface area contributed by atoms with Crippen LogP contribution in [0.1, 0.15) is 62.5 Å². The normalized spacial score (nSPS) is 20.4. The summed E-state index contributed by atoms with van der Waals surface area (Å²) >= 11 is 0. The Morgan fingerprint density at radius 3 is 2.16 bits per heavy atom. The van der Waals surface area contributed by atoms with Crippen LogP contribution in [0.3, 0.4) is 0 Å². The van der Waals surface area contributed by atoms with Gasteiger partial charge in [-0.1, -0.05) is 38.0 Å². The van der Waals surface area contributed by atoms with E-state index in [1.807, 2.05) is 12.1 Å². The van der Waals surface area contributed by atoms with Crippen molar-refractivity contribution < 1.29 is 13.5 Å². The van der Waals surface area contributed by atoms with Gasteiger partial charge >= 0.3 is 0 Å². The first-order valence-corrected chi connectivity index (χ1v) is 9.33. The van der Waals surface area contributed by atoms with Crippen LogP contribution < -0.4 is 4.74 Å². The third-order valence-corrected chi connectivity index (χ3v) is 5.34. The molecule has 3 rings (SSSR count). The average molecular weight is 344 g/mol. The monoisotopic (exact) mass is 344 g/mol. The smallest absolute Gasteiger partial charge is 0.132 e. The van der Waals surface area contributed by atoms with Gasteiger partial charge in [-0.2, -0.15) is 0 Å². The van der Waals surface area contributed by atoms with E-state index in [4.69, 9.17) is 4.74 Å². The first-order chi connectivity index (χ1) is 12.2. The molecule has 1 fully saturated rings. The van der Waals surface area contributed by atoms with E-state index in [-0.39, 0.29) is 12.2 Å². The minimum absolute atomic E-state index is 0.0270. The largest absolute Gasteiger partial charge is 0.489 e. The fourth-order valence-corrected chi connectivity index (χ4v) is 3.85. The molecule has 0 aromatic heterocycles. The molecule has 2 aromatic carbocycles. The summed E-state index contributed by atoms with van der Waals surface area (Å²) in [6, 6.07) is 11.9. The van der Waals surface area contributed by atoms with Gasteiger partial charge in [-0.15, -0.1) is 0 Å². The topological polar surface area (TPSA) is 9.23 Å². The molecular weight excluding hydrogens is 318 g/mol. The summed E-state index contributed by atoms with van der Waals surface area (Å²) < 4.78 is 32.8. The molecule has 0 N–H and O–H groups in total. The molecule has 0 atom stereocenters. The molecule has 1 aliphatic carbocycles. The molecule has 25 heavy (non-hydrogen) atoms. The second kappa shape index (κ2) is 8.46. The minimum Gasteiger partial charge on any atom is -0.489 e. The Hall–Kier alpha value is -1.90. The van der Waals surface area contributed by atoms with Gasteiger partial charge in [0.25, 0.3) is 0 Å². The van der Waals surface area contributed by atoms with Crippen molar-refractivity contribution in [1.82, 2.24) is 0 Å². The standard InChI is InChI=1S/C22H26F2O/c1-2-4-16-7-9-17(10-8-16)18-11-13-19(14-12-18)25-15-20-21(23)5-3-6-22(20)24/h3,5-6,11-14,16-17H,2,4,7-10,15H2,1H3/t16-,17-. The van der Waals surface area contributed by atoms with Gasteiger partial charge in [0.2, 0.25) is 0 Å². The maximum Gasteiger partial charge on any atom is 0.132 e. The number of halogens is 2. The third kappa shape index (κ3) is 4.59. The summed E-state index contributed by atoms with van der Waals surface area (Å²) in [5.41, 5.74) is 1.32. The van der Waals surface area contributed by atoms with Crippen molar-refractivity contribution >= 4 is 0 Å². The highest BCUT2D eigenvalue weighted by atomic mass is 19.1. The summed E-state index contributed by atoms with van der Waals surface area (Å²) in [5.74, 6) is 1.04. The molecule has 0 aliphatic heterocycles. The van der Waals surface area contributed by atoms with E-state index >= 15 is 0 Å². The fourth-order valence-electron chi connectivity index (χ4n) is 3.85. The van der Waals surface area contributed by atoms with Gasteiger partial charge in [0.1, 0.15) is 24.0 Å². The van der Waals surface area contributed by atoms with Crippen LogP contribution in [0, 0.1) is 17.6 Å². The SMILES string of the molecule is CCC[C@H]1CC[C@H](c2ccc(OCc3c(F)cccc3F)cc2)CC1. The Morgan fingerprint density at radius 2 is 1.56 bits per heavy atom. The highest BCUT2D eigenvalue weighted by molar-refractivity contribution is 5.30. The molecule has 0 amide bonds. The zero-order valence-electron chi connectivity index (χ0n) is 14.8. The van der Waals surface area contributed by atoms with Crippen LogP contribution in [-0.4, -0.2) is 0 Å². The molecule has 0 unspecified atom stereocenters. The highest BCUT2D eigenvalue weighted by Gasteiger charge is 2.21. The molecule has 0 heterocycles. The lowest BCUT2D eigenvalue weighted by molar-refractivity contribution is 0.291.